The van der Waals surface area contributed by atoms with E-state index in [1.54, 1.807) is 13.3 Å². The summed E-state index contributed by atoms with van der Waals surface area (Å²) in [7, 11) is 1.68. The summed E-state index contributed by atoms with van der Waals surface area (Å²) in [6.45, 7) is 4.97. The van der Waals surface area contributed by atoms with Crippen LogP contribution in [-0.2, 0) is 6.42 Å². The molecule has 0 fully saturated rings. The van der Waals surface area contributed by atoms with Crippen LogP contribution < -0.4 is 15.4 Å². The van der Waals surface area contributed by atoms with Crippen molar-refractivity contribution in [1.29, 1.82) is 0 Å². The highest BCUT2D eigenvalue weighted by Gasteiger charge is 2.04. The summed E-state index contributed by atoms with van der Waals surface area (Å²) in [5.41, 5.74) is 4.69. The Kier molecular flexibility index (Phi) is 5.69. The molecule has 5 nitrogen and oxygen atoms in total. The first kappa shape index (κ1) is 17.7. The summed E-state index contributed by atoms with van der Waals surface area (Å²) >= 11 is 0. The van der Waals surface area contributed by atoms with E-state index in [9.17, 15) is 0 Å². The number of methoxy groups -OCH3 is 1. The standard InChI is InChI=1S/C21H24N4O/c1-15-6-4-9-19(16(15)2)24-21-23-13-11-20(25-21)22-12-10-17-7-5-8-18(14-17)26-3/h4-9,11,13-14H,10,12H2,1-3H3,(H2,22,23,24,25). The normalized spacial score (nSPS) is 10.4. The second-order valence-electron chi connectivity index (χ2n) is 6.17. The maximum Gasteiger partial charge on any atom is 0.229 e. The first-order chi connectivity index (χ1) is 12.7. The third-order valence-corrected chi connectivity index (χ3v) is 4.36. The van der Waals surface area contributed by atoms with Gasteiger partial charge in [-0.1, -0.05) is 24.3 Å². The topological polar surface area (TPSA) is 59.1 Å². The quantitative estimate of drug-likeness (QED) is 0.658. The predicted octanol–water partition coefficient (Wildman–Crippen LogP) is 4.50. The molecule has 3 rings (SSSR count). The molecular formula is C21H24N4O. The zero-order chi connectivity index (χ0) is 18.4. The Bertz CT molecular complexity index is 879. The molecule has 0 saturated carbocycles. The molecule has 2 N–H and O–H groups in total. The average Bonchev–Trinajstić information content (AvgIpc) is 2.66. The van der Waals surface area contributed by atoms with Gasteiger partial charge in [0.1, 0.15) is 11.6 Å². The Morgan fingerprint density at radius 3 is 2.73 bits per heavy atom. The molecule has 0 aliphatic carbocycles. The number of anilines is 3. The molecule has 0 spiro atoms. The van der Waals surface area contributed by atoms with Crippen molar-refractivity contribution in [2.45, 2.75) is 20.3 Å². The molecule has 1 heterocycles. The highest BCUT2D eigenvalue weighted by atomic mass is 16.5. The molecular weight excluding hydrogens is 324 g/mol. The van der Waals surface area contributed by atoms with Gasteiger partial charge in [-0.2, -0.15) is 4.98 Å². The molecule has 0 saturated heterocycles. The van der Waals surface area contributed by atoms with E-state index in [2.05, 4.69) is 52.6 Å². The van der Waals surface area contributed by atoms with E-state index >= 15 is 0 Å². The molecule has 0 unspecified atom stereocenters. The van der Waals surface area contributed by atoms with Crippen LogP contribution in [0.1, 0.15) is 16.7 Å². The molecule has 3 aromatic rings. The van der Waals surface area contributed by atoms with Gasteiger partial charge in [0.25, 0.3) is 0 Å². The zero-order valence-corrected chi connectivity index (χ0v) is 15.4. The summed E-state index contributed by atoms with van der Waals surface area (Å²) < 4.78 is 5.26. The van der Waals surface area contributed by atoms with Crippen molar-refractivity contribution in [1.82, 2.24) is 9.97 Å². The number of hydrogen-bond donors (Lipinski definition) is 2. The van der Waals surface area contributed by atoms with Gasteiger partial charge in [-0.25, -0.2) is 4.98 Å². The monoisotopic (exact) mass is 348 g/mol. The van der Waals surface area contributed by atoms with Crippen molar-refractivity contribution < 1.29 is 4.74 Å². The number of nitrogens with zero attached hydrogens (tertiary/aromatic N) is 2. The first-order valence-corrected chi connectivity index (χ1v) is 8.69. The SMILES string of the molecule is COc1cccc(CCNc2ccnc(Nc3cccc(C)c3C)n2)c1. The molecule has 134 valence electrons. The maximum absolute atomic E-state index is 5.26. The lowest BCUT2D eigenvalue weighted by molar-refractivity contribution is 0.414. The Morgan fingerprint density at radius 2 is 1.88 bits per heavy atom. The summed E-state index contributed by atoms with van der Waals surface area (Å²) in [6.07, 6.45) is 2.65. The van der Waals surface area contributed by atoms with Crippen molar-refractivity contribution in [2.24, 2.45) is 0 Å². The van der Waals surface area contributed by atoms with E-state index in [4.69, 9.17) is 4.74 Å². The molecule has 0 bridgehead atoms. The average molecular weight is 348 g/mol. The molecule has 26 heavy (non-hydrogen) atoms. The smallest absolute Gasteiger partial charge is 0.229 e. The van der Waals surface area contributed by atoms with Crippen molar-refractivity contribution in [3.63, 3.8) is 0 Å². The van der Waals surface area contributed by atoms with Gasteiger partial charge in [0.05, 0.1) is 7.11 Å². The Labute approximate surface area is 154 Å². The summed E-state index contributed by atoms with van der Waals surface area (Å²) in [5.74, 6) is 2.27. The number of nitrogens with one attached hydrogen (secondary N) is 2. The van der Waals surface area contributed by atoms with Gasteiger partial charge in [0, 0.05) is 18.4 Å². The van der Waals surface area contributed by atoms with Crippen LogP contribution in [0, 0.1) is 13.8 Å². The number of aryl methyl sites for hydroxylation is 1. The van der Waals surface area contributed by atoms with Gasteiger partial charge >= 0.3 is 0 Å². The third-order valence-electron chi connectivity index (χ3n) is 4.36. The van der Waals surface area contributed by atoms with Crippen LogP contribution in [0.3, 0.4) is 0 Å². The lowest BCUT2D eigenvalue weighted by Crippen LogP contribution is -2.08. The third kappa shape index (κ3) is 4.51. The van der Waals surface area contributed by atoms with E-state index in [1.165, 1.54) is 16.7 Å². The lowest BCUT2D eigenvalue weighted by atomic mass is 10.1. The second kappa shape index (κ2) is 8.34. The van der Waals surface area contributed by atoms with Crippen LogP contribution in [-0.4, -0.2) is 23.6 Å². The van der Waals surface area contributed by atoms with E-state index in [0.29, 0.717) is 5.95 Å². The molecule has 0 atom stereocenters. The van der Waals surface area contributed by atoms with Gasteiger partial charge in [0.2, 0.25) is 5.95 Å². The summed E-state index contributed by atoms with van der Waals surface area (Å²) in [6, 6.07) is 16.1. The van der Waals surface area contributed by atoms with Crippen molar-refractivity contribution in [3.8, 4) is 5.75 Å². The molecule has 0 radical (unpaired) electrons. The summed E-state index contributed by atoms with van der Waals surface area (Å²) in [5, 5.41) is 6.65. The number of ether oxygens (including phenoxy) is 1. The lowest BCUT2D eigenvalue weighted by Gasteiger charge is -2.11. The van der Waals surface area contributed by atoms with Crippen LogP contribution in [0.5, 0.6) is 5.75 Å². The van der Waals surface area contributed by atoms with Crippen LogP contribution >= 0.6 is 0 Å². The first-order valence-electron chi connectivity index (χ1n) is 8.69. The molecule has 2 aromatic carbocycles. The second-order valence-corrected chi connectivity index (χ2v) is 6.17. The molecule has 5 heteroatoms. The van der Waals surface area contributed by atoms with Crippen molar-refractivity contribution >= 4 is 17.5 Å². The Morgan fingerprint density at radius 1 is 1.04 bits per heavy atom. The van der Waals surface area contributed by atoms with E-state index in [1.807, 2.05) is 30.3 Å². The largest absolute Gasteiger partial charge is 0.497 e. The fourth-order valence-corrected chi connectivity index (χ4v) is 2.69. The van der Waals surface area contributed by atoms with Crippen LogP contribution in [0.4, 0.5) is 17.5 Å². The van der Waals surface area contributed by atoms with Crippen LogP contribution in [0.2, 0.25) is 0 Å². The zero-order valence-electron chi connectivity index (χ0n) is 15.4. The van der Waals surface area contributed by atoms with Gasteiger partial charge in [-0.05, 0) is 61.2 Å². The molecule has 0 amide bonds. The Hall–Kier alpha value is -3.08. The highest BCUT2D eigenvalue weighted by Crippen LogP contribution is 2.21. The Balaban J connectivity index is 1.61. The van der Waals surface area contributed by atoms with E-state index in [-0.39, 0.29) is 0 Å². The van der Waals surface area contributed by atoms with Crippen LogP contribution in [0.15, 0.2) is 54.7 Å². The predicted molar refractivity (Wildman–Crippen MR) is 106 cm³/mol. The van der Waals surface area contributed by atoms with Gasteiger partial charge in [-0.15, -0.1) is 0 Å². The number of rotatable bonds is 7. The van der Waals surface area contributed by atoms with E-state index in [0.717, 1.165) is 30.2 Å². The van der Waals surface area contributed by atoms with Crippen LogP contribution in [0.25, 0.3) is 0 Å². The summed E-state index contributed by atoms with van der Waals surface area (Å²) in [4.78, 5) is 8.86. The number of benzene rings is 2. The van der Waals surface area contributed by atoms with Gasteiger partial charge in [-0.3, -0.25) is 0 Å². The minimum Gasteiger partial charge on any atom is -0.497 e. The fourth-order valence-electron chi connectivity index (χ4n) is 2.69. The van der Waals surface area contributed by atoms with Crippen molar-refractivity contribution in [3.05, 3.63) is 71.4 Å². The van der Waals surface area contributed by atoms with Gasteiger partial charge in [0.15, 0.2) is 0 Å². The van der Waals surface area contributed by atoms with Crippen molar-refractivity contribution in [2.75, 3.05) is 24.3 Å². The minimum absolute atomic E-state index is 0.588. The molecule has 1 aromatic heterocycles. The van der Waals surface area contributed by atoms with E-state index < -0.39 is 0 Å². The highest BCUT2D eigenvalue weighted by molar-refractivity contribution is 5.60. The minimum atomic E-state index is 0.588. The number of hydrogen-bond acceptors (Lipinski definition) is 5. The maximum atomic E-state index is 5.26. The fraction of sp³-hybridized carbons (Fsp3) is 0.238. The van der Waals surface area contributed by atoms with Gasteiger partial charge < -0.3 is 15.4 Å². The molecule has 0 aliphatic heterocycles. The molecule has 0 aliphatic rings. The number of aromatic nitrogens is 2.